The Morgan fingerprint density at radius 2 is 2.12 bits per heavy atom. The second kappa shape index (κ2) is 6.37. The Kier molecular flexibility index (Phi) is 4.81. The van der Waals surface area contributed by atoms with Gasteiger partial charge in [-0.05, 0) is 23.8 Å². The first kappa shape index (κ1) is 12.8. The standard InChI is InChI=1S/C13H15NO3/c1-10(7-8-17-2)13(16)14-9-11-3-5-12(15)6-4-11/h3-8,15H,1,9H2,2H3,(H,14,16)/b8-7-. The van der Waals surface area contributed by atoms with E-state index in [-0.39, 0.29) is 11.7 Å². The number of rotatable bonds is 5. The summed E-state index contributed by atoms with van der Waals surface area (Å²) in [5.41, 5.74) is 1.23. The van der Waals surface area contributed by atoms with E-state index in [4.69, 9.17) is 5.11 Å². The van der Waals surface area contributed by atoms with Crippen LogP contribution < -0.4 is 5.32 Å². The molecule has 0 bridgehead atoms. The summed E-state index contributed by atoms with van der Waals surface area (Å²) in [6, 6.07) is 6.62. The van der Waals surface area contributed by atoms with Gasteiger partial charge in [0.1, 0.15) is 5.75 Å². The third kappa shape index (κ3) is 4.42. The number of amides is 1. The molecule has 0 fully saturated rings. The molecule has 2 N–H and O–H groups in total. The molecular formula is C13H15NO3. The molecule has 0 aliphatic carbocycles. The number of benzene rings is 1. The minimum absolute atomic E-state index is 0.201. The highest BCUT2D eigenvalue weighted by Crippen LogP contribution is 2.09. The predicted molar refractivity (Wildman–Crippen MR) is 65.2 cm³/mol. The molecule has 0 saturated carbocycles. The van der Waals surface area contributed by atoms with E-state index in [1.807, 2.05) is 0 Å². The maximum atomic E-state index is 11.5. The van der Waals surface area contributed by atoms with Gasteiger partial charge in [0.15, 0.2) is 0 Å². The van der Waals surface area contributed by atoms with Crippen LogP contribution in [0.25, 0.3) is 0 Å². The van der Waals surface area contributed by atoms with E-state index in [1.54, 1.807) is 24.3 Å². The molecule has 4 heteroatoms. The zero-order valence-corrected chi connectivity index (χ0v) is 9.64. The first-order valence-corrected chi connectivity index (χ1v) is 5.08. The zero-order chi connectivity index (χ0) is 12.7. The number of methoxy groups -OCH3 is 1. The lowest BCUT2D eigenvalue weighted by Gasteiger charge is -2.05. The lowest BCUT2D eigenvalue weighted by atomic mass is 10.2. The second-order valence-corrected chi connectivity index (χ2v) is 3.41. The van der Waals surface area contributed by atoms with Gasteiger partial charge in [-0.15, -0.1) is 0 Å². The topological polar surface area (TPSA) is 58.6 Å². The smallest absolute Gasteiger partial charge is 0.251 e. The van der Waals surface area contributed by atoms with E-state index in [2.05, 4.69) is 16.6 Å². The summed E-state index contributed by atoms with van der Waals surface area (Å²) >= 11 is 0. The van der Waals surface area contributed by atoms with E-state index < -0.39 is 0 Å². The number of phenols is 1. The Bertz CT molecular complexity index is 421. The van der Waals surface area contributed by atoms with E-state index >= 15 is 0 Å². The molecule has 0 radical (unpaired) electrons. The SMILES string of the molecule is C=C(/C=C\OC)C(=O)NCc1ccc(O)cc1. The Morgan fingerprint density at radius 1 is 1.47 bits per heavy atom. The number of carbonyl (C=O) groups excluding carboxylic acids is 1. The van der Waals surface area contributed by atoms with Crippen molar-refractivity contribution in [1.82, 2.24) is 5.32 Å². The minimum atomic E-state index is -0.258. The lowest BCUT2D eigenvalue weighted by molar-refractivity contribution is -0.117. The van der Waals surface area contributed by atoms with Gasteiger partial charge in [0.05, 0.1) is 13.4 Å². The quantitative estimate of drug-likeness (QED) is 0.462. The Labute approximate surface area is 100 Å². The van der Waals surface area contributed by atoms with Crippen molar-refractivity contribution in [3.8, 4) is 5.75 Å². The highest BCUT2D eigenvalue weighted by molar-refractivity contribution is 5.95. The average Bonchev–Trinajstić information content (AvgIpc) is 2.34. The predicted octanol–water partition coefficient (Wildman–Crippen LogP) is 1.72. The van der Waals surface area contributed by atoms with Gasteiger partial charge in [0, 0.05) is 12.1 Å². The fourth-order valence-electron chi connectivity index (χ4n) is 1.14. The van der Waals surface area contributed by atoms with Crippen molar-refractivity contribution in [3.05, 3.63) is 54.3 Å². The molecule has 17 heavy (non-hydrogen) atoms. The van der Waals surface area contributed by atoms with Crippen LogP contribution in [0.3, 0.4) is 0 Å². The molecule has 0 saturated heterocycles. The molecular weight excluding hydrogens is 218 g/mol. The number of carbonyl (C=O) groups is 1. The highest BCUT2D eigenvalue weighted by atomic mass is 16.5. The molecule has 1 aromatic carbocycles. The third-order valence-electron chi connectivity index (χ3n) is 2.09. The van der Waals surface area contributed by atoms with Gasteiger partial charge in [-0.1, -0.05) is 18.7 Å². The number of nitrogens with one attached hydrogen (secondary N) is 1. The van der Waals surface area contributed by atoms with Crippen molar-refractivity contribution in [2.75, 3.05) is 7.11 Å². The number of hydrogen-bond donors (Lipinski definition) is 2. The summed E-state index contributed by atoms with van der Waals surface area (Å²) in [7, 11) is 1.50. The van der Waals surface area contributed by atoms with E-state index in [9.17, 15) is 4.79 Å². The molecule has 0 unspecified atom stereocenters. The molecule has 1 amide bonds. The number of aromatic hydroxyl groups is 1. The molecule has 90 valence electrons. The lowest BCUT2D eigenvalue weighted by Crippen LogP contribution is -2.23. The second-order valence-electron chi connectivity index (χ2n) is 3.41. The van der Waals surface area contributed by atoms with Crippen molar-refractivity contribution in [2.45, 2.75) is 6.54 Å². The van der Waals surface area contributed by atoms with Gasteiger partial charge < -0.3 is 15.2 Å². The van der Waals surface area contributed by atoms with Gasteiger partial charge in [-0.3, -0.25) is 4.79 Å². The molecule has 1 aromatic rings. The summed E-state index contributed by atoms with van der Waals surface area (Å²) in [6.45, 7) is 3.99. The summed E-state index contributed by atoms with van der Waals surface area (Å²) in [6.07, 6.45) is 2.88. The normalized spacial score (nSPS) is 10.2. The third-order valence-corrected chi connectivity index (χ3v) is 2.09. The van der Waals surface area contributed by atoms with Crippen LogP contribution in [0.5, 0.6) is 5.75 Å². The largest absolute Gasteiger partial charge is 0.508 e. The first-order valence-electron chi connectivity index (χ1n) is 5.08. The fraction of sp³-hybridized carbons (Fsp3) is 0.154. The van der Waals surface area contributed by atoms with Crippen molar-refractivity contribution in [2.24, 2.45) is 0 Å². The number of phenolic OH excluding ortho intramolecular Hbond substituents is 1. The molecule has 0 aliphatic rings. The van der Waals surface area contributed by atoms with E-state index in [0.717, 1.165) is 5.56 Å². The highest BCUT2D eigenvalue weighted by Gasteiger charge is 2.03. The van der Waals surface area contributed by atoms with Crippen molar-refractivity contribution >= 4 is 5.91 Å². The Morgan fingerprint density at radius 3 is 2.71 bits per heavy atom. The van der Waals surface area contributed by atoms with Crippen molar-refractivity contribution in [1.29, 1.82) is 0 Å². The fourth-order valence-corrected chi connectivity index (χ4v) is 1.14. The van der Waals surface area contributed by atoms with Crippen LogP contribution in [-0.4, -0.2) is 18.1 Å². The van der Waals surface area contributed by atoms with Crippen LogP contribution >= 0.6 is 0 Å². The van der Waals surface area contributed by atoms with Gasteiger partial charge in [-0.25, -0.2) is 0 Å². The average molecular weight is 233 g/mol. The first-order chi connectivity index (χ1) is 8.13. The summed E-state index contributed by atoms with van der Waals surface area (Å²) in [5.74, 6) is -0.0566. The van der Waals surface area contributed by atoms with Gasteiger partial charge in [0.2, 0.25) is 0 Å². The minimum Gasteiger partial charge on any atom is -0.508 e. The molecule has 0 spiro atoms. The van der Waals surface area contributed by atoms with Gasteiger partial charge >= 0.3 is 0 Å². The monoisotopic (exact) mass is 233 g/mol. The number of ether oxygens (including phenoxy) is 1. The van der Waals surface area contributed by atoms with E-state index in [0.29, 0.717) is 12.1 Å². The molecule has 4 nitrogen and oxygen atoms in total. The maximum absolute atomic E-state index is 11.5. The van der Waals surface area contributed by atoms with Gasteiger partial charge in [0.25, 0.3) is 5.91 Å². The van der Waals surface area contributed by atoms with E-state index in [1.165, 1.54) is 19.4 Å². The van der Waals surface area contributed by atoms with Crippen molar-refractivity contribution in [3.63, 3.8) is 0 Å². The Hall–Kier alpha value is -2.23. The van der Waals surface area contributed by atoms with Gasteiger partial charge in [-0.2, -0.15) is 0 Å². The molecule has 0 aliphatic heterocycles. The van der Waals surface area contributed by atoms with Crippen molar-refractivity contribution < 1.29 is 14.6 Å². The molecule has 0 atom stereocenters. The molecule has 0 heterocycles. The number of hydrogen-bond acceptors (Lipinski definition) is 3. The van der Waals surface area contributed by atoms with Crippen LogP contribution in [-0.2, 0) is 16.1 Å². The van der Waals surface area contributed by atoms with Crippen LogP contribution in [0, 0.1) is 0 Å². The maximum Gasteiger partial charge on any atom is 0.251 e. The zero-order valence-electron chi connectivity index (χ0n) is 9.64. The Balaban J connectivity index is 2.45. The van der Waals surface area contributed by atoms with Crippen LogP contribution in [0.4, 0.5) is 0 Å². The summed E-state index contributed by atoms with van der Waals surface area (Å²) in [4.78, 5) is 11.5. The molecule has 1 rings (SSSR count). The summed E-state index contributed by atoms with van der Waals surface area (Å²) < 4.78 is 4.69. The van der Waals surface area contributed by atoms with Crippen LogP contribution in [0.15, 0.2) is 48.8 Å². The molecule has 0 aromatic heterocycles. The summed E-state index contributed by atoms with van der Waals surface area (Å²) in [5, 5.41) is 11.8. The van der Waals surface area contributed by atoms with Crippen LogP contribution in [0.1, 0.15) is 5.56 Å². The van der Waals surface area contributed by atoms with Crippen LogP contribution in [0.2, 0.25) is 0 Å².